The molecule has 2 amide bonds. The number of piperidine rings is 1. The van der Waals surface area contributed by atoms with Crippen LogP contribution < -0.4 is 21.1 Å². The van der Waals surface area contributed by atoms with E-state index in [2.05, 4.69) is 20.6 Å². The Morgan fingerprint density at radius 3 is 2.76 bits per heavy atom. The van der Waals surface area contributed by atoms with Crippen LogP contribution in [0.25, 0.3) is 0 Å². The summed E-state index contributed by atoms with van der Waals surface area (Å²) in [6, 6.07) is 5.16. The van der Waals surface area contributed by atoms with E-state index in [1.165, 1.54) is 24.3 Å². The van der Waals surface area contributed by atoms with Gasteiger partial charge in [-0.1, -0.05) is 0 Å². The third-order valence-corrected chi connectivity index (χ3v) is 5.71. The second kappa shape index (κ2) is 9.39. The summed E-state index contributed by atoms with van der Waals surface area (Å²) in [5.74, 6) is -2.94. The maximum atomic E-state index is 13.1. The van der Waals surface area contributed by atoms with Gasteiger partial charge in [0, 0.05) is 25.2 Å². The summed E-state index contributed by atoms with van der Waals surface area (Å²) in [7, 11) is 0. The zero-order valence-electron chi connectivity index (χ0n) is 18.0. The van der Waals surface area contributed by atoms with Crippen molar-refractivity contribution in [1.82, 2.24) is 9.97 Å². The van der Waals surface area contributed by atoms with Gasteiger partial charge in [0.2, 0.25) is 17.8 Å². The number of carbonyl (C=O) groups excluding carboxylic acids is 3. The number of esters is 1. The number of halogens is 1. The van der Waals surface area contributed by atoms with E-state index < -0.39 is 29.1 Å². The fraction of sp³-hybridized carbons (Fsp3) is 0.409. The van der Waals surface area contributed by atoms with Gasteiger partial charge in [0.1, 0.15) is 11.6 Å². The van der Waals surface area contributed by atoms with Gasteiger partial charge in [-0.05, 0) is 44.0 Å². The molecule has 2 aromatic rings. The third-order valence-electron chi connectivity index (χ3n) is 5.71. The Balaban J connectivity index is 1.59. The van der Waals surface area contributed by atoms with Crippen molar-refractivity contribution < 1.29 is 23.5 Å². The van der Waals surface area contributed by atoms with E-state index in [0.717, 1.165) is 0 Å². The fourth-order valence-electron chi connectivity index (χ4n) is 4.12. The largest absolute Gasteiger partial charge is 0.466 e. The Bertz CT molecular complexity index is 1130. The molecule has 1 fully saturated rings. The molecule has 174 valence electrons. The van der Waals surface area contributed by atoms with Gasteiger partial charge in [-0.3, -0.25) is 24.2 Å². The Labute approximate surface area is 188 Å². The number of hydrogen-bond donors (Lipinski definition) is 3. The van der Waals surface area contributed by atoms with Crippen LogP contribution in [0.5, 0.6) is 0 Å². The van der Waals surface area contributed by atoms with E-state index in [1.54, 1.807) is 11.8 Å². The van der Waals surface area contributed by atoms with Crippen LogP contribution in [0, 0.1) is 11.7 Å². The molecular weight excluding hydrogens is 433 g/mol. The minimum absolute atomic E-state index is 0.0162. The van der Waals surface area contributed by atoms with Gasteiger partial charge < -0.3 is 20.3 Å². The molecule has 0 spiro atoms. The summed E-state index contributed by atoms with van der Waals surface area (Å²) in [4.78, 5) is 59.1. The fourth-order valence-corrected chi connectivity index (χ4v) is 4.12. The zero-order valence-corrected chi connectivity index (χ0v) is 18.0. The summed E-state index contributed by atoms with van der Waals surface area (Å²) in [6.45, 7) is 2.92. The van der Waals surface area contributed by atoms with Gasteiger partial charge >= 0.3 is 5.97 Å². The van der Waals surface area contributed by atoms with Crippen LogP contribution in [-0.2, 0) is 19.1 Å². The van der Waals surface area contributed by atoms with Gasteiger partial charge in [-0.15, -0.1) is 0 Å². The minimum atomic E-state index is -1.06. The quantitative estimate of drug-likeness (QED) is 0.583. The van der Waals surface area contributed by atoms with Crippen molar-refractivity contribution in [1.29, 1.82) is 0 Å². The SMILES string of the molecule is CCOC(=O)[C@H]1CCCN(c2nc3c(c(=O)[nH]2)[C@H](C(=O)Nc2ccc(F)cc2)CC(=O)N3)C1. The lowest BCUT2D eigenvalue weighted by atomic mass is 9.92. The van der Waals surface area contributed by atoms with Crippen molar-refractivity contribution in [3.8, 4) is 0 Å². The lowest BCUT2D eigenvalue weighted by Gasteiger charge is -2.32. The van der Waals surface area contributed by atoms with E-state index >= 15 is 0 Å². The predicted molar refractivity (Wildman–Crippen MR) is 117 cm³/mol. The number of carbonyl (C=O) groups is 3. The molecule has 2 aliphatic rings. The average Bonchev–Trinajstić information content (AvgIpc) is 2.80. The van der Waals surface area contributed by atoms with Crippen molar-refractivity contribution >= 4 is 35.2 Å². The first-order valence-corrected chi connectivity index (χ1v) is 10.8. The van der Waals surface area contributed by atoms with Gasteiger partial charge in [-0.25, -0.2) is 4.39 Å². The molecule has 2 atom stereocenters. The Morgan fingerprint density at radius 2 is 2.03 bits per heavy atom. The highest BCUT2D eigenvalue weighted by Crippen LogP contribution is 2.31. The Kier molecular flexibility index (Phi) is 6.38. The van der Waals surface area contributed by atoms with Crippen molar-refractivity contribution in [2.75, 3.05) is 35.2 Å². The van der Waals surface area contributed by atoms with E-state index in [0.29, 0.717) is 31.6 Å². The van der Waals surface area contributed by atoms with E-state index in [9.17, 15) is 23.6 Å². The van der Waals surface area contributed by atoms with Crippen LogP contribution in [0.1, 0.15) is 37.7 Å². The lowest BCUT2D eigenvalue weighted by molar-refractivity contribution is -0.148. The number of anilines is 3. The third kappa shape index (κ3) is 4.86. The molecule has 1 aromatic carbocycles. The molecule has 0 unspecified atom stereocenters. The molecule has 0 bridgehead atoms. The number of aromatic nitrogens is 2. The van der Waals surface area contributed by atoms with Crippen LogP contribution >= 0.6 is 0 Å². The molecular formula is C22H24FN5O5. The lowest BCUT2D eigenvalue weighted by Crippen LogP contribution is -2.42. The molecule has 11 heteroatoms. The molecule has 0 aliphatic carbocycles. The summed E-state index contributed by atoms with van der Waals surface area (Å²) in [5, 5.41) is 5.18. The monoisotopic (exact) mass is 457 g/mol. The Hall–Kier alpha value is -3.76. The first-order valence-electron chi connectivity index (χ1n) is 10.8. The molecule has 0 radical (unpaired) electrons. The number of nitrogens with one attached hydrogen (secondary N) is 3. The number of ether oxygens (including phenoxy) is 1. The molecule has 2 aliphatic heterocycles. The van der Waals surface area contributed by atoms with Crippen molar-refractivity contribution in [3.63, 3.8) is 0 Å². The number of fused-ring (bicyclic) bond motifs is 1. The van der Waals surface area contributed by atoms with Gasteiger partial charge in [0.25, 0.3) is 5.56 Å². The summed E-state index contributed by atoms with van der Waals surface area (Å²) < 4.78 is 18.2. The normalized spacial score (nSPS) is 19.9. The minimum Gasteiger partial charge on any atom is -0.466 e. The van der Waals surface area contributed by atoms with Crippen LogP contribution in [0.2, 0.25) is 0 Å². The number of rotatable bonds is 5. The summed E-state index contributed by atoms with van der Waals surface area (Å²) >= 11 is 0. The second-order valence-electron chi connectivity index (χ2n) is 7.99. The number of H-pyrrole nitrogens is 1. The summed E-state index contributed by atoms with van der Waals surface area (Å²) in [6.07, 6.45) is 1.16. The van der Waals surface area contributed by atoms with E-state index in [4.69, 9.17) is 4.74 Å². The topological polar surface area (TPSA) is 133 Å². The van der Waals surface area contributed by atoms with Crippen molar-refractivity contribution in [2.24, 2.45) is 5.92 Å². The smallest absolute Gasteiger partial charge is 0.310 e. The predicted octanol–water partition coefficient (Wildman–Crippen LogP) is 1.75. The number of nitrogens with zero attached hydrogens (tertiary/aromatic N) is 2. The first kappa shape index (κ1) is 22.4. The standard InChI is InChI=1S/C22H24FN5O5/c1-2-33-21(32)12-4-3-9-28(11-12)22-26-18-17(20(31)27-22)15(10-16(29)25-18)19(30)24-14-7-5-13(23)6-8-14/h5-8,12,15H,2-4,9-11H2,1H3,(H,24,30)(H2,25,26,27,29,31)/t12-,15+/m0/s1. The molecule has 1 aromatic heterocycles. The Morgan fingerprint density at radius 1 is 1.27 bits per heavy atom. The zero-order chi connectivity index (χ0) is 23.5. The van der Waals surface area contributed by atoms with Crippen LogP contribution in [0.4, 0.5) is 21.8 Å². The highest BCUT2D eigenvalue weighted by molar-refractivity contribution is 6.04. The van der Waals surface area contributed by atoms with Crippen LogP contribution in [0.15, 0.2) is 29.1 Å². The van der Waals surface area contributed by atoms with Crippen LogP contribution in [0.3, 0.4) is 0 Å². The van der Waals surface area contributed by atoms with E-state index in [1.807, 2.05) is 0 Å². The maximum Gasteiger partial charge on any atom is 0.310 e. The highest BCUT2D eigenvalue weighted by atomic mass is 19.1. The molecule has 33 heavy (non-hydrogen) atoms. The first-order chi connectivity index (χ1) is 15.9. The number of benzene rings is 1. The summed E-state index contributed by atoms with van der Waals surface area (Å²) in [5.41, 5.74) is -0.155. The van der Waals surface area contributed by atoms with Crippen molar-refractivity contribution in [3.05, 3.63) is 46.0 Å². The molecule has 1 saturated heterocycles. The van der Waals surface area contributed by atoms with Crippen molar-refractivity contribution in [2.45, 2.75) is 32.1 Å². The van der Waals surface area contributed by atoms with Gasteiger partial charge in [0.15, 0.2) is 0 Å². The van der Waals surface area contributed by atoms with Gasteiger partial charge in [0.05, 0.1) is 24.0 Å². The number of aromatic amines is 1. The average molecular weight is 457 g/mol. The maximum absolute atomic E-state index is 13.1. The molecule has 0 saturated carbocycles. The van der Waals surface area contributed by atoms with Crippen LogP contribution in [-0.4, -0.2) is 47.4 Å². The molecule has 3 N–H and O–H groups in total. The second-order valence-corrected chi connectivity index (χ2v) is 7.99. The molecule has 3 heterocycles. The highest BCUT2D eigenvalue weighted by Gasteiger charge is 2.36. The molecule has 10 nitrogen and oxygen atoms in total. The van der Waals surface area contributed by atoms with Gasteiger partial charge in [-0.2, -0.15) is 4.98 Å². The molecule has 4 rings (SSSR count). The number of amides is 2. The van der Waals surface area contributed by atoms with E-state index in [-0.39, 0.29) is 42.2 Å². The number of hydrogen-bond acceptors (Lipinski definition) is 7.